The number of rotatable bonds is 7. The van der Waals surface area contributed by atoms with E-state index in [1.807, 2.05) is 30.3 Å². The Morgan fingerprint density at radius 2 is 1.81 bits per heavy atom. The Morgan fingerprint density at radius 1 is 1.06 bits per heavy atom. The minimum Gasteiger partial charge on any atom is -0.493 e. The van der Waals surface area contributed by atoms with E-state index in [0.29, 0.717) is 55.7 Å². The minimum absolute atomic E-state index is 0.0288. The van der Waals surface area contributed by atoms with Gasteiger partial charge in [-0.2, -0.15) is 0 Å². The molecule has 2 amide bonds. The summed E-state index contributed by atoms with van der Waals surface area (Å²) in [6, 6.07) is 11.2. The molecule has 8 nitrogen and oxygen atoms in total. The molecule has 2 aliphatic heterocycles. The summed E-state index contributed by atoms with van der Waals surface area (Å²) < 4.78 is 21.8. The van der Waals surface area contributed by atoms with Gasteiger partial charge in [-0.3, -0.25) is 9.59 Å². The topological polar surface area (TPSA) is 77.5 Å². The predicted octanol–water partition coefficient (Wildman–Crippen LogP) is 2.53. The SMILES string of the molecule is COc1ccc(CCN(C)C(=O)[C@@H]2CC(=O)N(c3ccc4c(c3)OCCO4)C2)cc1OC. The molecule has 2 heterocycles. The Kier molecular flexibility index (Phi) is 6.39. The van der Waals surface area contributed by atoms with Gasteiger partial charge in [-0.1, -0.05) is 6.07 Å². The lowest BCUT2D eigenvalue weighted by atomic mass is 10.1. The number of nitrogens with zero attached hydrogens (tertiary/aromatic N) is 2. The minimum atomic E-state index is -0.369. The van der Waals surface area contributed by atoms with Gasteiger partial charge in [-0.25, -0.2) is 0 Å². The van der Waals surface area contributed by atoms with Gasteiger partial charge < -0.3 is 28.7 Å². The Balaban J connectivity index is 1.37. The zero-order valence-electron chi connectivity index (χ0n) is 18.6. The van der Waals surface area contributed by atoms with Crippen LogP contribution in [0.5, 0.6) is 23.0 Å². The zero-order chi connectivity index (χ0) is 22.7. The van der Waals surface area contributed by atoms with E-state index in [1.54, 1.807) is 37.1 Å². The van der Waals surface area contributed by atoms with Gasteiger partial charge in [0.15, 0.2) is 23.0 Å². The number of likely N-dealkylation sites (N-methyl/N-ethyl adjacent to an activating group) is 1. The first-order valence-electron chi connectivity index (χ1n) is 10.7. The van der Waals surface area contributed by atoms with E-state index >= 15 is 0 Å². The third-order valence-electron chi connectivity index (χ3n) is 5.87. The van der Waals surface area contributed by atoms with Crippen molar-refractivity contribution in [3.8, 4) is 23.0 Å². The van der Waals surface area contributed by atoms with Crippen LogP contribution in [-0.2, 0) is 16.0 Å². The third-order valence-corrected chi connectivity index (χ3v) is 5.87. The first-order valence-corrected chi connectivity index (χ1v) is 10.7. The van der Waals surface area contributed by atoms with Crippen molar-refractivity contribution >= 4 is 17.5 Å². The van der Waals surface area contributed by atoms with Gasteiger partial charge in [-0.05, 0) is 36.2 Å². The molecule has 1 atom stereocenters. The quantitative estimate of drug-likeness (QED) is 0.659. The van der Waals surface area contributed by atoms with Gasteiger partial charge in [-0.15, -0.1) is 0 Å². The summed E-state index contributed by atoms with van der Waals surface area (Å²) in [4.78, 5) is 29.0. The molecule has 32 heavy (non-hydrogen) atoms. The normalized spacial score (nSPS) is 17.3. The van der Waals surface area contributed by atoms with Gasteiger partial charge in [0.05, 0.1) is 20.1 Å². The average Bonchev–Trinajstić information content (AvgIpc) is 3.22. The van der Waals surface area contributed by atoms with Gasteiger partial charge in [0, 0.05) is 38.3 Å². The fourth-order valence-electron chi connectivity index (χ4n) is 4.08. The van der Waals surface area contributed by atoms with Gasteiger partial charge >= 0.3 is 0 Å². The second kappa shape index (κ2) is 9.38. The lowest BCUT2D eigenvalue weighted by Crippen LogP contribution is -2.36. The summed E-state index contributed by atoms with van der Waals surface area (Å²) in [7, 11) is 4.98. The molecule has 1 saturated heterocycles. The van der Waals surface area contributed by atoms with Crippen molar-refractivity contribution in [2.75, 3.05) is 52.5 Å². The Labute approximate surface area is 187 Å². The summed E-state index contributed by atoms with van der Waals surface area (Å²) in [5, 5.41) is 0. The molecule has 0 N–H and O–H groups in total. The van der Waals surface area contributed by atoms with Gasteiger partial charge in [0.2, 0.25) is 11.8 Å². The number of carbonyl (C=O) groups excluding carboxylic acids is 2. The maximum absolute atomic E-state index is 13.0. The van der Waals surface area contributed by atoms with Crippen molar-refractivity contribution in [3.05, 3.63) is 42.0 Å². The molecule has 4 rings (SSSR count). The van der Waals surface area contributed by atoms with Crippen molar-refractivity contribution in [3.63, 3.8) is 0 Å². The summed E-state index contributed by atoms with van der Waals surface area (Å²) in [5.41, 5.74) is 1.77. The van der Waals surface area contributed by atoms with E-state index in [0.717, 1.165) is 11.3 Å². The smallest absolute Gasteiger partial charge is 0.227 e. The monoisotopic (exact) mass is 440 g/mol. The van der Waals surface area contributed by atoms with Crippen molar-refractivity contribution in [1.82, 2.24) is 4.90 Å². The van der Waals surface area contributed by atoms with Crippen molar-refractivity contribution < 1.29 is 28.5 Å². The van der Waals surface area contributed by atoms with Crippen LogP contribution in [0.4, 0.5) is 5.69 Å². The van der Waals surface area contributed by atoms with Gasteiger partial charge in [0.25, 0.3) is 0 Å². The third kappa shape index (κ3) is 4.44. The van der Waals surface area contributed by atoms with E-state index in [4.69, 9.17) is 18.9 Å². The molecule has 2 aromatic carbocycles. The molecule has 1 fully saturated rings. The molecule has 0 unspecified atom stereocenters. The highest BCUT2D eigenvalue weighted by molar-refractivity contribution is 6.00. The van der Waals surface area contributed by atoms with E-state index in [2.05, 4.69) is 0 Å². The van der Waals surface area contributed by atoms with Crippen LogP contribution in [0.15, 0.2) is 36.4 Å². The number of hydrogen-bond donors (Lipinski definition) is 0. The molecule has 2 aromatic rings. The molecular formula is C24H28N2O6. The highest BCUT2D eigenvalue weighted by Crippen LogP contribution is 2.36. The molecule has 0 aromatic heterocycles. The van der Waals surface area contributed by atoms with Gasteiger partial charge in [0.1, 0.15) is 13.2 Å². The number of methoxy groups -OCH3 is 2. The van der Waals surface area contributed by atoms with Crippen LogP contribution in [0.1, 0.15) is 12.0 Å². The van der Waals surface area contributed by atoms with Crippen LogP contribution in [-0.4, -0.2) is 64.3 Å². The Bertz CT molecular complexity index is 1010. The first-order chi connectivity index (χ1) is 15.5. The van der Waals surface area contributed by atoms with Crippen molar-refractivity contribution in [2.24, 2.45) is 5.92 Å². The number of amides is 2. The number of benzene rings is 2. The van der Waals surface area contributed by atoms with Crippen LogP contribution in [0, 0.1) is 5.92 Å². The van der Waals surface area contributed by atoms with Crippen LogP contribution in [0.25, 0.3) is 0 Å². The second-order valence-corrected chi connectivity index (χ2v) is 7.93. The summed E-state index contributed by atoms with van der Waals surface area (Å²) in [5.74, 6) is 2.18. The number of ether oxygens (including phenoxy) is 4. The summed E-state index contributed by atoms with van der Waals surface area (Å²) in [6.07, 6.45) is 0.878. The molecule has 0 aliphatic carbocycles. The second-order valence-electron chi connectivity index (χ2n) is 7.93. The maximum atomic E-state index is 13.0. The van der Waals surface area contributed by atoms with Crippen LogP contribution < -0.4 is 23.8 Å². The molecule has 0 spiro atoms. The highest BCUT2D eigenvalue weighted by Gasteiger charge is 2.36. The summed E-state index contributed by atoms with van der Waals surface area (Å²) >= 11 is 0. The van der Waals surface area contributed by atoms with E-state index in [9.17, 15) is 9.59 Å². The highest BCUT2D eigenvalue weighted by atomic mass is 16.6. The fraction of sp³-hybridized carbons (Fsp3) is 0.417. The van der Waals surface area contributed by atoms with Crippen molar-refractivity contribution in [2.45, 2.75) is 12.8 Å². The number of anilines is 1. The van der Waals surface area contributed by atoms with Crippen LogP contribution in [0.3, 0.4) is 0 Å². The molecule has 170 valence electrons. The maximum Gasteiger partial charge on any atom is 0.227 e. The Hall–Kier alpha value is -3.42. The van der Waals surface area contributed by atoms with E-state index in [-0.39, 0.29) is 24.2 Å². The van der Waals surface area contributed by atoms with E-state index in [1.165, 1.54) is 0 Å². The van der Waals surface area contributed by atoms with Crippen LogP contribution >= 0.6 is 0 Å². The number of hydrogen-bond acceptors (Lipinski definition) is 6. The number of carbonyl (C=O) groups is 2. The lowest BCUT2D eigenvalue weighted by molar-refractivity contribution is -0.134. The predicted molar refractivity (Wildman–Crippen MR) is 119 cm³/mol. The standard InChI is InChI=1S/C24H28N2O6/c1-25(9-8-16-4-6-19(29-2)21(12-16)30-3)24(28)17-13-23(27)26(15-17)18-5-7-20-22(14-18)32-11-10-31-20/h4-7,12,14,17H,8-11,13,15H2,1-3H3/t17-/m1/s1. The number of fused-ring (bicyclic) bond motifs is 1. The molecule has 8 heteroatoms. The molecule has 2 aliphatic rings. The van der Waals surface area contributed by atoms with E-state index < -0.39 is 0 Å². The zero-order valence-corrected chi connectivity index (χ0v) is 18.6. The first kappa shape index (κ1) is 21.8. The molecule has 0 radical (unpaired) electrons. The lowest BCUT2D eigenvalue weighted by Gasteiger charge is -2.23. The largest absolute Gasteiger partial charge is 0.493 e. The van der Waals surface area contributed by atoms with Crippen molar-refractivity contribution in [1.29, 1.82) is 0 Å². The molecular weight excluding hydrogens is 412 g/mol. The Morgan fingerprint density at radius 3 is 2.56 bits per heavy atom. The molecule has 0 bridgehead atoms. The average molecular weight is 440 g/mol. The molecule has 0 saturated carbocycles. The van der Waals surface area contributed by atoms with Crippen LogP contribution in [0.2, 0.25) is 0 Å². The fourth-order valence-corrected chi connectivity index (χ4v) is 4.08. The summed E-state index contributed by atoms with van der Waals surface area (Å²) in [6.45, 7) is 1.90.